The average Bonchev–Trinajstić information content (AvgIpc) is 2.74. The molecular formula is C24H48N2O4. The summed E-state index contributed by atoms with van der Waals surface area (Å²) in [7, 11) is 0. The molecule has 0 spiro atoms. The molecule has 0 aliphatic rings. The van der Waals surface area contributed by atoms with E-state index in [1.54, 1.807) is 0 Å². The van der Waals surface area contributed by atoms with Crippen LogP contribution in [0.25, 0.3) is 0 Å². The second kappa shape index (κ2) is 21.1. The van der Waals surface area contributed by atoms with E-state index in [2.05, 4.69) is 10.6 Å². The molecule has 0 rings (SSSR count). The molecule has 0 bridgehead atoms. The number of carbonyl (C=O) groups is 2. The highest BCUT2D eigenvalue weighted by Crippen LogP contribution is 2.10. The highest BCUT2D eigenvalue weighted by molar-refractivity contribution is 5.76. The van der Waals surface area contributed by atoms with Gasteiger partial charge in [0.15, 0.2) is 0 Å². The van der Waals surface area contributed by atoms with Gasteiger partial charge in [-0.2, -0.15) is 0 Å². The summed E-state index contributed by atoms with van der Waals surface area (Å²) in [4.78, 5) is 23.6. The van der Waals surface area contributed by atoms with Crippen molar-refractivity contribution in [1.82, 2.24) is 10.6 Å². The Bertz CT molecular complexity index is 380. The number of aliphatic hydroxyl groups is 2. The Morgan fingerprint density at radius 3 is 1.33 bits per heavy atom. The summed E-state index contributed by atoms with van der Waals surface area (Å²) >= 11 is 0. The Balaban J connectivity index is 3.35. The molecule has 0 heterocycles. The van der Waals surface area contributed by atoms with Crippen molar-refractivity contribution in [2.24, 2.45) is 0 Å². The highest BCUT2D eigenvalue weighted by atomic mass is 16.3. The van der Waals surface area contributed by atoms with E-state index in [1.165, 1.54) is 0 Å². The normalized spacial score (nSPS) is 13.1. The van der Waals surface area contributed by atoms with Crippen LogP contribution in [-0.2, 0) is 9.59 Å². The van der Waals surface area contributed by atoms with Crippen LogP contribution in [0, 0.1) is 0 Å². The molecule has 2 unspecified atom stereocenters. The number of nitrogens with one attached hydrogen (secondary N) is 2. The topological polar surface area (TPSA) is 98.7 Å². The van der Waals surface area contributed by atoms with Crippen LogP contribution in [0.15, 0.2) is 0 Å². The summed E-state index contributed by atoms with van der Waals surface area (Å²) in [6.45, 7) is 5.32. The van der Waals surface area contributed by atoms with E-state index < -0.39 is 0 Å². The SMILES string of the molecule is CCC(O)CCCCCCC(=O)NCCCCNC(=O)CCCCCCC(O)CC. The summed E-state index contributed by atoms with van der Waals surface area (Å²) in [6, 6.07) is 0. The summed E-state index contributed by atoms with van der Waals surface area (Å²) in [5, 5.41) is 24.9. The number of amides is 2. The van der Waals surface area contributed by atoms with E-state index in [4.69, 9.17) is 0 Å². The van der Waals surface area contributed by atoms with Crippen LogP contribution in [0.3, 0.4) is 0 Å². The first kappa shape index (κ1) is 28.9. The second-order valence-corrected chi connectivity index (χ2v) is 8.44. The van der Waals surface area contributed by atoms with Gasteiger partial charge in [0, 0.05) is 25.9 Å². The van der Waals surface area contributed by atoms with E-state index in [9.17, 15) is 19.8 Å². The molecule has 30 heavy (non-hydrogen) atoms. The van der Waals surface area contributed by atoms with E-state index in [0.717, 1.165) is 89.9 Å². The molecule has 2 amide bonds. The predicted molar refractivity (Wildman–Crippen MR) is 123 cm³/mol. The lowest BCUT2D eigenvalue weighted by Crippen LogP contribution is -2.27. The number of hydrogen-bond donors (Lipinski definition) is 4. The fraction of sp³-hybridized carbons (Fsp3) is 0.917. The first-order chi connectivity index (χ1) is 14.5. The third kappa shape index (κ3) is 20.1. The van der Waals surface area contributed by atoms with Gasteiger partial charge in [0.05, 0.1) is 12.2 Å². The molecule has 0 saturated heterocycles. The van der Waals surface area contributed by atoms with Gasteiger partial charge in [-0.15, -0.1) is 0 Å². The third-order valence-electron chi connectivity index (χ3n) is 5.57. The maximum Gasteiger partial charge on any atom is 0.219 e. The van der Waals surface area contributed by atoms with Crippen LogP contribution < -0.4 is 10.6 Å². The Morgan fingerprint density at radius 2 is 0.967 bits per heavy atom. The van der Waals surface area contributed by atoms with Gasteiger partial charge in [-0.3, -0.25) is 9.59 Å². The fourth-order valence-electron chi connectivity index (χ4n) is 3.33. The average molecular weight is 429 g/mol. The molecule has 0 aromatic rings. The molecule has 178 valence electrons. The molecule has 0 aliphatic carbocycles. The molecule has 0 fully saturated rings. The molecule has 0 aromatic heterocycles. The molecule has 6 nitrogen and oxygen atoms in total. The number of hydrogen-bond acceptors (Lipinski definition) is 4. The van der Waals surface area contributed by atoms with Crippen molar-refractivity contribution in [3.8, 4) is 0 Å². The lowest BCUT2D eigenvalue weighted by molar-refractivity contribution is -0.122. The van der Waals surface area contributed by atoms with Gasteiger partial charge in [-0.1, -0.05) is 52.4 Å². The number of aliphatic hydroxyl groups excluding tert-OH is 2. The van der Waals surface area contributed by atoms with Crippen molar-refractivity contribution in [1.29, 1.82) is 0 Å². The Hall–Kier alpha value is -1.14. The van der Waals surface area contributed by atoms with Gasteiger partial charge in [0.2, 0.25) is 11.8 Å². The first-order valence-electron chi connectivity index (χ1n) is 12.4. The minimum Gasteiger partial charge on any atom is -0.393 e. The standard InChI is InChI=1S/C24H48N2O4/c1-3-21(27)15-9-5-7-11-17-23(29)25-19-13-14-20-26-24(30)18-12-8-6-10-16-22(28)4-2/h21-22,27-28H,3-20H2,1-2H3,(H,25,29)(H,26,30). The zero-order chi connectivity index (χ0) is 22.5. The largest absolute Gasteiger partial charge is 0.393 e. The van der Waals surface area contributed by atoms with Gasteiger partial charge in [-0.05, 0) is 51.4 Å². The monoisotopic (exact) mass is 428 g/mol. The van der Waals surface area contributed by atoms with Crippen LogP contribution in [-0.4, -0.2) is 47.3 Å². The smallest absolute Gasteiger partial charge is 0.219 e. The zero-order valence-corrected chi connectivity index (χ0v) is 19.6. The lowest BCUT2D eigenvalue weighted by atomic mass is 10.1. The maximum absolute atomic E-state index is 11.8. The molecule has 0 radical (unpaired) electrons. The van der Waals surface area contributed by atoms with Crippen molar-refractivity contribution in [2.45, 2.75) is 129 Å². The van der Waals surface area contributed by atoms with E-state index in [-0.39, 0.29) is 24.0 Å². The van der Waals surface area contributed by atoms with Crippen LogP contribution in [0.2, 0.25) is 0 Å². The van der Waals surface area contributed by atoms with Crippen molar-refractivity contribution < 1.29 is 19.8 Å². The van der Waals surface area contributed by atoms with Crippen LogP contribution in [0.1, 0.15) is 117 Å². The molecule has 4 N–H and O–H groups in total. The Kier molecular flexibility index (Phi) is 20.3. The van der Waals surface area contributed by atoms with Gasteiger partial charge in [-0.25, -0.2) is 0 Å². The fourth-order valence-corrected chi connectivity index (χ4v) is 3.33. The number of rotatable bonds is 21. The van der Waals surface area contributed by atoms with Crippen molar-refractivity contribution >= 4 is 11.8 Å². The molecule has 6 heteroatoms. The predicted octanol–water partition coefficient (Wildman–Crippen LogP) is 4.22. The van der Waals surface area contributed by atoms with E-state index >= 15 is 0 Å². The van der Waals surface area contributed by atoms with Crippen molar-refractivity contribution in [2.75, 3.05) is 13.1 Å². The molecule has 2 atom stereocenters. The summed E-state index contributed by atoms with van der Waals surface area (Å²) in [5.41, 5.74) is 0. The van der Waals surface area contributed by atoms with E-state index in [0.29, 0.717) is 25.9 Å². The maximum atomic E-state index is 11.8. The third-order valence-corrected chi connectivity index (χ3v) is 5.57. The summed E-state index contributed by atoms with van der Waals surface area (Å²) in [6.07, 6.45) is 14.0. The van der Waals surface area contributed by atoms with Crippen LogP contribution in [0.4, 0.5) is 0 Å². The van der Waals surface area contributed by atoms with Gasteiger partial charge >= 0.3 is 0 Å². The van der Waals surface area contributed by atoms with Crippen molar-refractivity contribution in [3.05, 3.63) is 0 Å². The molecular weight excluding hydrogens is 380 g/mol. The van der Waals surface area contributed by atoms with Gasteiger partial charge < -0.3 is 20.8 Å². The van der Waals surface area contributed by atoms with Crippen molar-refractivity contribution in [3.63, 3.8) is 0 Å². The minimum atomic E-state index is -0.172. The quantitative estimate of drug-likeness (QED) is 0.206. The lowest BCUT2D eigenvalue weighted by Gasteiger charge is -2.08. The molecule has 0 aromatic carbocycles. The van der Waals surface area contributed by atoms with Crippen LogP contribution >= 0.6 is 0 Å². The summed E-state index contributed by atoms with van der Waals surface area (Å²) < 4.78 is 0. The summed E-state index contributed by atoms with van der Waals surface area (Å²) in [5.74, 6) is 0.221. The zero-order valence-electron chi connectivity index (χ0n) is 19.6. The van der Waals surface area contributed by atoms with Gasteiger partial charge in [0.1, 0.15) is 0 Å². The molecule has 0 saturated carbocycles. The highest BCUT2D eigenvalue weighted by Gasteiger charge is 2.04. The first-order valence-corrected chi connectivity index (χ1v) is 12.4. The number of carbonyl (C=O) groups excluding carboxylic acids is 2. The second-order valence-electron chi connectivity index (χ2n) is 8.44. The van der Waals surface area contributed by atoms with E-state index in [1.807, 2.05) is 13.8 Å². The Morgan fingerprint density at radius 1 is 0.600 bits per heavy atom. The number of unbranched alkanes of at least 4 members (excludes halogenated alkanes) is 7. The van der Waals surface area contributed by atoms with Crippen LogP contribution in [0.5, 0.6) is 0 Å². The molecule has 0 aliphatic heterocycles. The Labute approximate surface area is 184 Å². The van der Waals surface area contributed by atoms with Gasteiger partial charge in [0.25, 0.3) is 0 Å². The minimum absolute atomic E-state index is 0.110.